The van der Waals surface area contributed by atoms with Crippen LogP contribution in [-0.2, 0) is 12.8 Å². The van der Waals surface area contributed by atoms with Crippen LogP contribution in [0.3, 0.4) is 0 Å². The largest absolute Gasteiger partial charge is 0.494 e. The highest BCUT2D eigenvalue weighted by Gasteiger charge is 2.13. The van der Waals surface area contributed by atoms with Gasteiger partial charge in [-0.25, -0.2) is 0 Å². The number of nitrogens with zero attached hydrogens (tertiary/aromatic N) is 2. The van der Waals surface area contributed by atoms with E-state index in [1.54, 1.807) is 0 Å². The summed E-state index contributed by atoms with van der Waals surface area (Å²) in [7, 11) is 0. The molecule has 3 rings (SSSR count). The molecule has 0 saturated carbocycles. The highest BCUT2D eigenvalue weighted by molar-refractivity contribution is 9.10. The highest BCUT2D eigenvalue weighted by Crippen LogP contribution is 2.27. The van der Waals surface area contributed by atoms with Crippen molar-refractivity contribution in [2.45, 2.75) is 78.1 Å². The molecule has 0 atom stereocenters. The Kier molecular flexibility index (Phi) is 12.1. The van der Waals surface area contributed by atoms with Crippen LogP contribution in [0.4, 0.5) is 0 Å². The molecule has 35 heavy (non-hydrogen) atoms. The quantitative estimate of drug-likeness (QED) is 0.152. The van der Waals surface area contributed by atoms with Crippen molar-refractivity contribution in [1.29, 1.82) is 0 Å². The standard InChI is InChI=1S/C28H36Br2N2O3/c1-3-5-7-9-15-33-23-11-13-25(29)21(17-23)19-27-31-32-28(35-27)20-22-18-24(12-14-26(22)30)34-16-10-8-6-4-2/h11-14,17-18H,3-10,15-16,19-20H2,1-2H3. The lowest BCUT2D eigenvalue weighted by Gasteiger charge is -2.09. The highest BCUT2D eigenvalue weighted by atomic mass is 79.9. The number of hydrogen-bond donors (Lipinski definition) is 0. The van der Waals surface area contributed by atoms with Crippen LogP contribution in [0.2, 0.25) is 0 Å². The molecule has 5 nitrogen and oxygen atoms in total. The van der Waals surface area contributed by atoms with Gasteiger partial charge in [0.15, 0.2) is 0 Å². The minimum Gasteiger partial charge on any atom is -0.494 e. The lowest BCUT2D eigenvalue weighted by molar-refractivity contribution is 0.304. The Morgan fingerprint density at radius 2 is 1.11 bits per heavy atom. The van der Waals surface area contributed by atoms with Crippen molar-refractivity contribution in [1.82, 2.24) is 10.2 Å². The molecule has 0 N–H and O–H groups in total. The monoisotopic (exact) mass is 606 g/mol. The summed E-state index contributed by atoms with van der Waals surface area (Å²) in [6.45, 7) is 5.90. The second-order valence-electron chi connectivity index (χ2n) is 8.77. The summed E-state index contributed by atoms with van der Waals surface area (Å²) in [4.78, 5) is 0. The Balaban J connectivity index is 1.57. The maximum Gasteiger partial charge on any atom is 0.220 e. The van der Waals surface area contributed by atoms with Crippen LogP contribution < -0.4 is 9.47 Å². The molecule has 2 aromatic carbocycles. The molecule has 0 amide bonds. The molecule has 3 aromatic rings. The number of unbranched alkanes of at least 4 members (excludes halogenated alkanes) is 6. The van der Waals surface area contributed by atoms with Gasteiger partial charge >= 0.3 is 0 Å². The van der Waals surface area contributed by atoms with E-state index in [9.17, 15) is 0 Å². The van der Waals surface area contributed by atoms with Gasteiger partial charge in [-0.2, -0.15) is 0 Å². The van der Waals surface area contributed by atoms with Gasteiger partial charge in [0.25, 0.3) is 0 Å². The summed E-state index contributed by atoms with van der Waals surface area (Å²) >= 11 is 7.27. The summed E-state index contributed by atoms with van der Waals surface area (Å²) in [6, 6.07) is 12.1. The molecule has 0 bridgehead atoms. The molecule has 190 valence electrons. The van der Waals surface area contributed by atoms with E-state index < -0.39 is 0 Å². The van der Waals surface area contributed by atoms with E-state index in [1.807, 2.05) is 36.4 Å². The van der Waals surface area contributed by atoms with Gasteiger partial charge in [0, 0.05) is 8.95 Å². The average molecular weight is 608 g/mol. The summed E-state index contributed by atoms with van der Waals surface area (Å²) < 4.78 is 19.9. The molecule has 0 aliphatic carbocycles. The van der Waals surface area contributed by atoms with Crippen LogP contribution in [0.5, 0.6) is 11.5 Å². The Hall–Kier alpha value is -1.86. The Labute approximate surface area is 226 Å². The first kappa shape index (κ1) is 27.7. The minimum atomic E-state index is 0.544. The summed E-state index contributed by atoms with van der Waals surface area (Å²) in [6.07, 6.45) is 10.6. The third kappa shape index (κ3) is 9.60. The summed E-state index contributed by atoms with van der Waals surface area (Å²) in [5.41, 5.74) is 2.12. The second-order valence-corrected chi connectivity index (χ2v) is 10.5. The third-order valence-corrected chi connectivity index (χ3v) is 7.31. The maximum absolute atomic E-state index is 5.99. The SMILES string of the molecule is CCCCCCOc1ccc(Br)c(Cc2nnc(Cc3cc(OCCCCCC)ccc3Br)o2)c1. The van der Waals surface area contributed by atoms with Gasteiger partial charge < -0.3 is 13.9 Å². The van der Waals surface area contributed by atoms with Crippen LogP contribution in [0.25, 0.3) is 0 Å². The number of hydrogen-bond acceptors (Lipinski definition) is 5. The Morgan fingerprint density at radius 1 is 0.657 bits per heavy atom. The number of halogens is 2. The first-order valence-corrected chi connectivity index (χ1v) is 14.3. The first-order chi connectivity index (χ1) is 17.1. The van der Waals surface area contributed by atoms with Crippen LogP contribution in [0.1, 0.15) is 88.1 Å². The average Bonchev–Trinajstić information content (AvgIpc) is 3.29. The van der Waals surface area contributed by atoms with Crippen molar-refractivity contribution in [2.24, 2.45) is 0 Å². The van der Waals surface area contributed by atoms with Crippen molar-refractivity contribution >= 4 is 31.9 Å². The zero-order valence-corrected chi connectivity index (χ0v) is 24.0. The van der Waals surface area contributed by atoms with E-state index in [1.165, 1.54) is 38.5 Å². The fraction of sp³-hybridized carbons (Fsp3) is 0.500. The molecule has 1 aromatic heterocycles. The summed E-state index contributed by atoms with van der Waals surface area (Å²) in [5.74, 6) is 2.91. The number of ether oxygens (including phenoxy) is 2. The van der Waals surface area contributed by atoms with Crippen LogP contribution >= 0.6 is 31.9 Å². The van der Waals surface area contributed by atoms with Gasteiger partial charge in [0.2, 0.25) is 11.8 Å². The molecular formula is C28H36Br2N2O3. The predicted molar refractivity (Wildman–Crippen MR) is 147 cm³/mol. The Morgan fingerprint density at radius 3 is 1.54 bits per heavy atom. The number of benzene rings is 2. The van der Waals surface area contributed by atoms with Gasteiger partial charge in [-0.1, -0.05) is 84.2 Å². The zero-order valence-electron chi connectivity index (χ0n) is 20.8. The fourth-order valence-corrected chi connectivity index (χ4v) is 4.52. The van der Waals surface area contributed by atoms with Crippen molar-refractivity contribution in [3.63, 3.8) is 0 Å². The molecule has 1 heterocycles. The minimum absolute atomic E-state index is 0.544. The fourth-order valence-electron chi connectivity index (χ4n) is 3.75. The van der Waals surface area contributed by atoms with Gasteiger partial charge in [-0.15, -0.1) is 10.2 Å². The lowest BCUT2D eigenvalue weighted by atomic mass is 10.1. The molecule has 0 aliphatic heterocycles. The Bertz CT molecular complexity index is 959. The van der Waals surface area contributed by atoms with E-state index in [-0.39, 0.29) is 0 Å². The van der Waals surface area contributed by atoms with Gasteiger partial charge in [0.1, 0.15) is 11.5 Å². The number of rotatable bonds is 16. The molecule has 7 heteroatoms. The van der Waals surface area contributed by atoms with E-state index in [4.69, 9.17) is 13.9 Å². The molecule has 0 spiro atoms. The van der Waals surface area contributed by atoms with Gasteiger partial charge in [-0.3, -0.25) is 0 Å². The van der Waals surface area contributed by atoms with E-state index in [2.05, 4.69) is 55.9 Å². The van der Waals surface area contributed by atoms with Crippen molar-refractivity contribution in [3.05, 3.63) is 68.3 Å². The van der Waals surface area contributed by atoms with E-state index in [0.29, 0.717) is 24.6 Å². The molecule has 0 fully saturated rings. The van der Waals surface area contributed by atoms with Crippen LogP contribution in [-0.4, -0.2) is 23.4 Å². The molecule has 0 aliphatic rings. The second kappa shape index (κ2) is 15.3. The normalized spacial score (nSPS) is 11.1. The van der Waals surface area contributed by atoms with Crippen molar-refractivity contribution in [3.8, 4) is 11.5 Å². The zero-order chi connectivity index (χ0) is 24.9. The van der Waals surface area contributed by atoms with E-state index >= 15 is 0 Å². The molecule has 0 radical (unpaired) electrons. The first-order valence-electron chi connectivity index (χ1n) is 12.7. The van der Waals surface area contributed by atoms with Crippen LogP contribution in [0, 0.1) is 0 Å². The maximum atomic E-state index is 5.99. The third-order valence-electron chi connectivity index (χ3n) is 5.76. The predicted octanol–water partition coefficient (Wildman–Crippen LogP) is 8.69. The van der Waals surface area contributed by atoms with Crippen LogP contribution in [0.15, 0.2) is 49.8 Å². The van der Waals surface area contributed by atoms with Crippen molar-refractivity contribution in [2.75, 3.05) is 13.2 Å². The molecular weight excluding hydrogens is 572 g/mol. The van der Waals surface area contributed by atoms with Gasteiger partial charge in [-0.05, 0) is 60.4 Å². The van der Waals surface area contributed by atoms with E-state index in [0.717, 1.165) is 57.6 Å². The topological polar surface area (TPSA) is 57.4 Å². The smallest absolute Gasteiger partial charge is 0.220 e. The van der Waals surface area contributed by atoms with Crippen molar-refractivity contribution < 1.29 is 13.9 Å². The molecule has 0 saturated heterocycles. The van der Waals surface area contributed by atoms with Gasteiger partial charge in [0.05, 0.1) is 26.1 Å². The number of aromatic nitrogens is 2. The summed E-state index contributed by atoms with van der Waals surface area (Å²) in [5, 5.41) is 8.56. The lowest BCUT2D eigenvalue weighted by Crippen LogP contribution is -1.99. The molecule has 0 unspecified atom stereocenters.